The Balaban J connectivity index is 1.44. The van der Waals surface area contributed by atoms with Crippen molar-refractivity contribution in [1.29, 1.82) is 0 Å². The summed E-state index contributed by atoms with van der Waals surface area (Å²) in [6, 6.07) is 18.2. The van der Waals surface area contributed by atoms with Gasteiger partial charge in [-0.15, -0.1) is 0 Å². The summed E-state index contributed by atoms with van der Waals surface area (Å²) in [5.74, 6) is 1.60. The average Bonchev–Trinajstić information content (AvgIpc) is 2.80. The number of nitrogens with one attached hydrogen (secondary N) is 3. The number of hydrogen-bond donors (Lipinski definition) is 3. The zero-order valence-electron chi connectivity index (χ0n) is 18.5. The van der Waals surface area contributed by atoms with E-state index in [1.54, 1.807) is 42.6 Å². The maximum atomic E-state index is 12.7. The molecule has 0 spiro atoms. The highest BCUT2D eigenvalue weighted by molar-refractivity contribution is 7.92. The molecule has 0 bridgehead atoms. The van der Waals surface area contributed by atoms with Gasteiger partial charge in [0.2, 0.25) is 0 Å². The third kappa shape index (κ3) is 5.73. The molecule has 4 rings (SSSR count). The molecule has 0 aliphatic carbocycles. The van der Waals surface area contributed by atoms with Gasteiger partial charge in [-0.1, -0.05) is 12.1 Å². The minimum atomic E-state index is -3.84. The van der Waals surface area contributed by atoms with E-state index in [0.717, 1.165) is 5.56 Å². The number of rotatable bonds is 8. The number of Topliss-reactive ketones (excluding diaryl/α,β-unsaturated/α-hetero) is 1. The first kappa shape index (κ1) is 22.9. The van der Waals surface area contributed by atoms with Gasteiger partial charge in [0.05, 0.1) is 4.90 Å². The lowest BCUT2D eigenvalue weighted by Crippen LogP contribution is -2.13. The monoisotopic (exact) mass is 474 g/mol. The molecular formula is C24H22N6O3S. The lowest BCUT2D eigenvalue weighted by Gasteiger charge is -2.11. The standard InChI is InChI=1S/C24H22N6O3S/c1-16-10-11-25-22(12-16)29-24-14-23(26-15-27-24)28-19-6-8-20(9-7-19)30-34(32,33)21-5-3-4-18(13-21)17(2)31/h3-15,30H,1-2H3,(H2,25,26,27,28,29). The largest absolute Gasteiger partial charge is 0.340 e. The van der Waals surface area contributed by atoms with E-state index in [1.165, 1.54) is 31.5 Å². The molecule has 0 amide bonds. The number of nitrogens with zero attached hydrogens (tertiary/aromatic N) is 3. The number of carbonyl (C=O) groups is 1. The topological polar surface area (TPSA) is 126 Å². The van der Waals surface area contributed by atoms with E-state index in [4.69, 9.17) is 0 Å². The number of carbonyl (C=O) groups excluding carboxylic acids is 1. The number of anilines is 5. The molecule has 3 N–H and O–H groups in total. The van der Waals surface area contributed by atoms with Crippen LogP contribution >= 0.6 is 0 Å². The molecule has 9 nitrogen and oxygen atoms in total. The van der Waals surface area contributed by atoms with Gasteiger partial charge in [-0.3, -0.25) is 9.52 Å². The van der Waals surface area contributed by atoms with Crippen LogP contribution < -0.4 is 15.4 Å². The Morgan fingerprint density at radius 1 is 0.794 bits per heavy atom. The number of aromatic nitrogens is 3. The van der Waals surface area contributed by atoms with Crippen LogP contribution in [0.1, 0.15) is 22.8 Å². The Morgan fingerprint density at radius 3 is 2.18 bits per heavy atom. The molecule has 0 saturated heterocycles. The van der Waals surface area contributed by atoms with Crippen LogP contribution in [-0.2, 0) is 10.0 Å². The van der Waals surface area contributed by atoms with E-state index < -0.39 is 10.0 Å². The lowest BCUT2D eigenvalue weighted by atomic mass is 10.2. The molecule has 172 valence electrons. The van der Waals surface area contributed by atoms with E-state index in [1.807, 2.05) is 19.1 Å². The minimum Gasteiger partial charge on any atom is -0.340 e. The van der Waals surface area contributed by atoms with Crippen LogP contribution in [0, 0.1) is 6.92 Å². The van der Waals surface area contributed by atoms with Crippen molar-refractivity contribution >= 4 is 44.6 Å². The highest BCUT2D eigenvalue weighted by Gasteiger charge is 2.15. The van der Waals surface area contributed by atoms with Crippen molar-refractivity contribution in [2.45, 2.75) is 18.7 Å². The molecule has 34 heavy (non-hydrogen) atoms. The fourth-order valence-corrected chi connectivity index (χ4v) is 4.20. The smallest absolute Gasteiger partial charge is 0.261 e. The Kier molecular flexibility index (Phi) is 6.51. The first-order valence-electron chi connectivity index (χ1n) is 10.3. The summed E-state index contributed by atoms with van der Waals surface area (Å²) in [7, 11) is -3.84. The molecule has 0 unspecified atom stereocenters. The number of ketones is 1. The zero-order chi connectivity index (χ0) is 24.1. The zero-order valence-corrected chi connectivity index (χ0v) is 19.3. The van der Waals surface area contributed by atoms with Crippen LogP contribution in [0.15, 0.2) is 84.1 Å². The van der Waals surface area contributed by atoms with Crippen molar-refractivity contribution in [1.82, 2.24) is 15.0 Å². The fourth-order valence-electron chi connectivity index (χ4n) is 3.10. The Bertz CT molecular complexity index is 1440. The maximum Gasteiger partial charge on any atom is 0.261 e. The predicted octanol–water partition coefficient (Wildman–Crippen LogP) is 4.67. The average molecular weight is 475 g/mol. The second-order valence-corrected chi connectivity index (χ2v) is 9.21. The van der Waals surface area contributed by atoms with Gasteiger partial charge in [0.15, 0.2) is 5.78 Å². The first-order valence-corrected chi connectivity index (χ1v) is 11.8. The SMILES string of the molecule is CC(=O)c1cccc(S(=O)(=O)Nc2ccc(Nc3cc(Nc4cc(C)ccn4)ncn3)cc2)c1. The van der Waals surface area contributed by atoms with Crippen LogP contribution in [-0.4, -0.2) is 29.2 Å². The maximum absolute atomic E-state index is 12.7. The highest BCUT2D eigenvalue weighted by atomic mass is 32.2. The normalized spacial score (nSPS) is 11.0. The molecule has 0 fully saturated rings. The second kappa shape index (κ2) is 9.67. The Morgan fingerprint density at radius 2 is 1.47 bits per heavy atom. The molecule has 2 heterocycles. The van der Waals surface area contributed by atoms with Crippen molar-refractivity contribution in [2.24, 2.45) is 0 Å². The van der Waals surface area contributed by atoms with E-state index in [-0.39, 0.29) is 10.7 Å². The molecule has 0 radical (unpaired) electrons. The van der Waals surface area contributed by atoms with Gasteiger partial charge in [-0.25, -0.2) is 23.4 Å². The van der Waals surface area contributed by atoms with Gasteiger partial charge >= 0.3 is 0 Å². The Labute approximate surface area is 197 Å². The second-order valence-electron chi connectivity index (χ2n) is 7.52. The van der Waals surface area contributed by atoms with Crippen LogP contribution in [0.3, 0.4) is 0 Å². The number of benzene rings is 2. The third-order valence-electron chi connectivity index (χ3n) is 4.80. The Hall–Kier alpha value is -4.31. The molecule has 0 aliphatic heterocycles. The first-order chi connectivity index (χ1) is 16.3. The van der Waals surface area contributed by atoms with Crippen LogP contribution in [0.5, 0.6) is 0 Å². The summed E-state index contributed by atoms with van der Waals surface area (Å²) in [5.41, 5.74) is 2.50. The summed E-state index contributed by atoms with van der Waals surface area (Å²) in [5, 5.41) is 6.29. The van der Waals surface area contributed by atoms with Crippen LogP contribution in [0.2, 0.25) is 0 Å². The predicted molar refractivity (Wildman–Crippen MR) is 131 cm³/mol. The summed E-state index contributed by atoms with van der Waals surface area (Å²) >= 11 is 0. The van der Waals surface area contributed by atoms with E-state index >= 15 is 0 Å². The van der Waals surface area contributed by atoms with E-state index in [2.05, 4.69) is 30.3 Å². The van der Waals surface area contributed by atoms with E-state index in [0.29, 0.717) is 34.4 Å². The summed E-state index contributed by atoms with van der Waals surface area (Å²) in [6.07, 6.45) is 3.14. The molecule has 2 aromatic carbocycles. The van der Waals surface area contributed by atoms with Gasteiger partial charge in [0.25, 0.3) is 10.0 Å². The van der Waals surface area contributed by atoms with Crippen molar-refractivity contribution in [2.75, 3.05) is 15.4 Å². The van der Waals surface area contributed by atoms with Crippen LogP contribution in [0.25, 0.3) is 0 Å². The molecular weight excluding hydrogens is 452 g/mol. The summed E-state index contributed by atoms with van der Waals surface area (Å²) in [4.78, 5) is 24.3. The van der Waals surface area contributed by atoms with Gasteiger partial charge < -0.3 is 10.6 Å². The third-order valence-corrected chi connectivity index (χ3v) is 6.18. The van der Waals surface area contributed by atoms with Gasteiger partial charge in [-0.2, -0.15) is 0 Å². The molecule has 2 aromatic heterocycles. The van der Waals surface area contributed by atoms with Gasteiger partial charge in [0, 0.05) is 29.2 Å². The van der Waals surface area contributed by atoms with Gasteiger partial charge in [0.1, 0.15) is 23.8 Å². The molecule has 0 aliphatic rings. The fraction of sp³-hybridized carbons (Fsp3) is 0.0833. The van der Waals surface area contributed by atoms with Crippen molar-refractivity contribution < 1.29 is 13.2 Å². The summed E-state index contributed by atoms with van der Waals surface area (Å²) < 4.78 is 27.9. The minimum absolute atomic E-state index is 0.0199. The number of pyridine rings is 1. The lowest BCUT2D eigenvalue weighted by molar-refractivity contribution is 0.101. The molecule has 10 heteroatoms. The molecule has 4 aromatic rings. The molecule has 0 atom stereocenters. The van der Waals surface area contributed by atoms with Crippen molar-refractivity contribution in [3.63, 3.8) is 0 Å². The number of hydrogen-bond acceptors (Lipinski definition) is 8. The van der Waals surface area contributed by atoms with Crippen molar-refractivity contribution in [3.05, 3.63) is 90.4 Å². The van der Waals surface area contributed by atoms with Crippen molar-refractivity contribution in [3.8, 4) is 0 Å². The summed E-state index contributed by atoms with van der Waals surface area (Å²) in [6.45, 7) is 3.37. The van der Waals surface area contributed by atoms with E-state index in [9.17, 15) is 13.2 Å². The number of sulfonamides is 1. The quantitative estimate of drug-likeness (QED) is 0.315. The highest BCUT2D eigenvalue weighted by Crippen LogP contribution is 2.22. The van der Waals surface area contributed by atoms with Gasteiger partial charge in [-0.05, 0) is 67.9 Å². The van der Waals surface area contributed by atoms with Crippen LogP contribution in [0.4, 0.5) is 28.8 Å². The number of aryl methyl sites for hydroxylation is 1. The molecule has 0 saturated carbocycles.